The van der Waals surface area contributed by atoms with Crippen molar-refractivity contribution in [1.82, 2.24) is 23.6 Å². The lowest BCUT2D eigenvalue weighted by Gasteiger charge is -2.19. The zero-order valence-corrected chi connectivity index (χ0v) is 19.6. The molecule has 0 bridgehead atoms. The fraction of sp³-hybridized carbons (Fsp3) is 0.280. The van der Waals surface area contributed by atoms with Crippen LogP contribution in [-0.2, 0) is 35.7 Å². The van der Waals surface area contributed by atoms with Gasteiger partial charge in [-0.1, -0.05) is 48.5 Å². The Labute approximate surface area is 200 Å². The summed E-state index contributed by atoms with van der Waals surface area (Å²) in [5.74, 6) is -0.931. The average molecular weight is 480 g/mol. The zero-order valence-electron chi connectivity index (χ0n) is 19.6. The van der Waals surface area contributed by atoms with Crippen LogP contribution in [0.4, 0.5) is 4.39 Å². The Balaban J connectivity index is 1.74. The van der Waals surface area contributed by atoms with E-state index < -0.39 is 29.5 Å². The number of benzene rings is 2. The van der Waals surface area contributed by atoms with Crippen LogP contribution < -0.4 is 11.2 Å². The maximum Gasteiger partial charge on any atom is 0.333 e. The molecule has 0 saturated carbocycles. The second-order valence-electron chi connectivity index (χ2n) is 8.19. The number of ether oxygens (including phenoxy) is 1. The third-order valence-corrected chi connectivity index (χ3v) is 5.79. The van der Waals surface area contributed by atoms with Gasteiger partial charge in [-0.05, 0) is 11.6 Å². The van der Waals surface area contributed by atoms with Gasteiger partial charge in [0, 0.05) is 32.8 Å². The Morgan fingerprint density at radius 1 is 1.06 bits per heavy atom. The van der Waals surface area contributed by atoms with Gasteiger partial charge in [-0.25, -0.2) is 18.7 Å². The number of aromatic nitrogens is 4. The molecule has 9 nitrogen and oxygen atoms in total. The highest BCUT2D eigenvalue weighted by Crippen LogP contribution is 2.11. The number of carbonyl (C=O) groups excluding carboxylic acids is 1. The zero-order chi connectivity index (χ0) is 24.9. The summed E-state index contributed by atoms with van der Waals surface area (Å²) in [6.45, 7) is 0.395. The molecule has 0 aliphatic rings. The highest BCUT2D eigenvalue weighted by molar-refractivity contribution is 5.76. The van der Waals surface area contributed by atoms with Gasteiger partial charge in [-0.3, -0.25) is 14.2 Å². The molecular formula is C25H26FN5O4. The summed E-state index contributed by atoms with van der Waals surface area (Å²) in [6.07, 6.45) is 1.49. The fourth-order valence-corrected chi connectivity index (χ4v) is 3.87. The first-order valence-corrected chi connectivity index (χ1v) is 11.1. The van der Waals surface area contributed by atoms with Gasteiger partial charge in [-0.15, -0.1) is 0 Å². The summed E-state index contributed by atoms with van der Waals surface area (Å²) in [6, 6.07) is 15.4. The van der Waals surface area contributed by atoms with Crippen LogP contribution in [0, 0.1) is 5.82 Å². The lowest BCUT2D eigenvalue weighted by molar-refractivity contribution is -0.131. The number of nitrogens with zero attached hydrogens (tertiary/aromatic N) is 5. The molecule has 4 rings (SSSR count). The number of amides is 1. The summed E-state index contributed by atoms with van der Waals surface area (Å²) in [7, 11) is 3.05. The number of hydrogen-bond acceptors (Lipinski definition) is 5. The van der Waals surface area contributed by atoms with Gasteiger partial charge >= 0.3 is 5.69 Å². The van der Waals surface area contributed by atoms with Gasteiger partial charge in [0.1, 0.15) is 12.4 Å². The highest BCUT2D eigenvalue weighted by atomic mass is 19.1. The SMILES string of the molecule is COCCn1cnc2c1c(=O)n(CC(=O)N(C)Cc1ccccc1F)c(=O)n2Cc1ccccc1. The molecule has 35 heavy (non-hydrogen) atoms. The minimum Gasteiger partial charge on any atom is -0.383 e. The Hall–Kier alpha value is -4.05. The van der Waals surface area contributed by atoms with Gasteiger partial charge in [0.25, 0.3) is 5.56 Å². The molecule has 2 aromatic heterocycles. The first kappa shape index (κ1) is 24.1. The molecule has 1 amide bonds. The third kappa shape index (κ3) is 5.07. The van der Waals surface area contributed by atoms with E-state index in [-0.39, 0.29) is 24.3 Å². The maximum atomic E-state index is 14.0. The molecule has 0 atom stereocenters. The van der Waals surface area contributed by atoms with E-state index in [0.717, 1.165) is 10.1 Å². The first-order valence-electron chi connectivity index (χ1n) is 11.1. The topological polar surface area (TPSA) is 91.4 Å². The summed E-state index contributed by atoms with van der Waals surface area (Å²) < 4.78 is 23.1. The van der Waals surface area contributed by atoms with Crippen LogP contribution in [0.3, 0.4) is 0 Å². The van der Waals surface area contributed by atoms with E-state index in [1.807, 2.05) is 30.3 Å². The molecule has 0 spiro atoms. The molecule has 4 aromatic rings. The second kappa shape index (κ2) is 10.5. The van der Waals surface area contributed by atoms with Crippen molar-refractivity contribution in [3.63, 3.8) is 0 Å². The second-order valence-corrected chi connectivity index (χ2v) is 8.19. The largest absolute Gasteiger partial charge is 0.383 e. The van der Waals surface area contributed by atoms with E-state index in [1.54, 1.807) is 29.9 Å². The predicted molar refractivity (Wildman–Crippen MR) is 129 cm³/mol. The van der Waals surface area contributed by atoms with Crippen molar-refractivity contribution in [3.05, 3.63) is 98.7 Å². The molecule has 0 unspecified atom stereocenters. The summed E-state index contributed by atoms with van der Waals surface area (Å²) in [4.78, 5) is 45.4. The monoisotopic (exact) mass is 479 g/mol. The van der Waals surface area contributed by atoms with Crippen molar-refractivity contribution in [1.29, 1.82) is 0 Å². The molecule has 0 saturated heterocycles. The molecular weight excluding hydrogens is 453 g/mol. The molecule has 0 fully saturated rings. The normalized spacial score (nSPS) is 11.2. The minimum atomic E-state index is -0.643. The van der Waals surface area contributed by atoms with E-state index in [0.29, 0.717) is 18.7 Å². The first-order chi connectivity index (χ1) is 16.9. The van der Waals surface area contributed by atoms with Gasteiger partial charge in [0.05, 0.1) is 19.5 Å². The van der Waals surface area contributed by atoms with Crippen molar-refractivity contribution >= 4 is 17.1 Å². The molecule has 0 radical (unpaired) electrons. The third-order valence-electron chi connectivity index (χ3n) is 5.79. The lowest BCUT2D eigenvalue weighted by atomic mass is 10.2. The van der Waals surface area contributed by atoms with Gasteiger partial charge in [-0.2, -0.15) is 0 Å². The fourth-order valence-electron chi connectivity index (χ4n) is 3.87. The number of rotatable bonds is 9. The standard InChI is InChI=1S/C25H26FN5O4/c1-28(15-19-10-6-7-11-20(19)26)21(32)16-31-24(33)22-23(27-17-29(22)12-13-35-2)30(25(31)34)14-18-8-4-3-5-9-18/h3-11,17H,12-16H2,1-2H3. The lowest BCUT2D eigenvalue weighted by Crippen LogP contribution is -2.44. The molecule has 0 aliphatic carbocycles. The number of hydrogen-bond donors (Lipinski definition) is 0. The van der Waals surface area contributed by atoms with Crippen molar-refractivity contribution in [2.24, 2.45) is 0 Å². The van der Waals surface area contributed by atoms with Crippen molar-refractivity contribution in [2.45, 2.75) is 26.2 Å². The van der Waals surface area contributed by atoms with Crippen LogP contribution in [0.2, 0.25) is 0 Å². The van der Waals surface area contributed by atoms with Crippen LogP contribution in [-0.4, -0.2) is 50.3 Å². The summed E-state index contributed by atoms with van der Waals surface area (Å²) in [5, 5.41) is 0. The maximum absolute atomic E-state index is 14.0. The number of imidazole rings is 1. The van der Waals surface area contributed by atoms with Gasteiger partial charge in [0.2, 0.25) is 5.91 Å². The van der Waals surface area contributed by atoms with Crippen LogP contribution in [0.15, 0.2) is 70.5 Å². The van der Waals surface area contributed by atoms with Crippen molar-refractivity contribution in [2.75, 3.05) is 20.8 Å². The Kier molecular flexibility index (Phi) is 7.21. The quantitative estimate of drug-likeness (QED) is 0.366. The van der Waals surface area contributed by atoms with Crippen LogP contribution in [0.1, 0.15) is 11.1 Å². The van der Waals surface area contributed by atoms with Crippen molar-refractivity contribution in [3.8, 4) is 0 Å². The van der Waals surface area contributed by atoms with E-state index in [2.05, 4.69) is 4.98 Å². The van der Waals surface area contributed by atoms with E-state index in [9.17, 15) is 18.8 Å². The Morgan fingerprint density at radius 3 is 2.49 bits per heavy atom. The Bertz CT molecular complexity index is 1460. The molecule has 182 valence electrons. The number of likely N-dealkylation sites (N-methyl/N-ethyl adjacent to an activating group) is 1. The molecule has 0 aliphatic heterocycles. The number of carbonyl (C=O) groups is 1. The Morgan fingerprint density at radius 2 is 1.77 bits per heavy atom. The van der Waals surface area contributed by atoms with Crippen LogP contribution in [0.5, 0.6) is 0 Å². The molecule has 2 heterocycles. The van der Waals surface area contributed by atoms with E-state index in [1.165, 1.54) is 28.9 Å². The molecule has 0 N–H and O–H groups in total. The van der Waals surface area contributed by atoms with E-state index in [4.69, 9.17) is 4.74 Å². The minimum absolute atomic E-state index is 0.00643. The number of fused-ring (bicyclic) bond motifs is 1. The van der Waals surface area contributed by atoms with Crippen LogP contribution in [0.25, 0.3) is 11.2 Å². The van der Waals surface area contributed by atoms with Crippen LogP contribution >= 0.6 is 0 Å². The molecule has 2 aromatic carbocycles. The average Bonchev–Trinajstić information content (AvgIpc) is 3.29. The number of halogens is 1. The van der Waals surface area contributed by atoms with Gasteiger partial charge < -0.3 is 14.2 Å². The highest BCUT2D eigenvalue weighted by Gasteiger charge is 2.21. The summed E-state index contributed by atoms with van der Waals surface area (Å²) >= 11 is 0. The number of methoxy groups -OCH3 is 1. The molecule has 10 heteroatoms. The summed E-state index contributed by atoms with van der Waals surface area (Å²) in [5.41, 5.74) is 0.373. The predicted octanol–water partition coefficient (Wildman–Crippen LogP) is 1.85. The van der Waals surface area contributed by atoms with E-state index >= 15 is 0 Å². The van der Waals surface area contributed by atoms with Gasteiger partial charge in [0.15, 0.2) is 11.2 Å². The smallest absolute Gasteiger partial charge is 0.333 e. The van der Waals surface area contributed by atoms with Crippen molar-refractivity contribution < 1.29 is 13.9 Å².